The van der Waals surface area contributed by atoms with Gasteiger partial charge in [-0.1, -0.05) is 42.5 Å². The van der Waals surface area contributed by atoms with Crippen molar-refractivity contribution in [3.05, 3.63) is 87.0 Å². The zero-order valence-electron chi connectivity index (χ0n) is 22.3. The summed E-state index contributed by atoms with van der Waals surface area (Å²) in [5.74, 6) is 1.34. The lowest BCUT2D eigenvalue weighted by atomic mass is 9.88. The highest BCUT2D eigenvalue weighted by Gasteiger charge is 2.34. The van der Waals surface area contributed by atoms with Gasteiger partial charge in [0, 0.05) is 17.6 Å². The number of aromatic nitrogens is 5. The molecular weight excluding hydrogens is 476 g/mol. The molecule has 2 saturated heterocycles. The van der Waals surface area contributed by atoms with Gasteiger partial charge in [0.1, 0.15) is 6.04 Å². The molecule has 2 fully saturated rings. The van der Waals surface area contributed by atoms with E-state index < -0.39 is 0 Å². The van der Waals surface area contributed by atoms with Crippen LogP contribution in [0.3, 0.4) is 0 Å². The van der Waals surface area contributed by atoms with Crippen molar-refractivity contribution >= 4 is 10.9 Å². The Hall–Kier alpha value is -3.36. The number of hydrogen-bond donors (Lipinski definition) is 1. The summed E-state index contributed by atoms with van der Waals surface area (Å²) in [6.45, 7) is 7.29. The van der Waals surface area contributed by atoms with Crippen LogP contribution in [0.1, 0.15) is 59.8 Å². The Morgan fingerprint density at radius 2 is 1.84 bits per heavy atom. The van der Waals surface area contributed by atoms with Crippen LogP contribution in [0.5, 0.6) is 0 Å². The number of H-pyrrole nitrogens is 1. The van der Waals surface area contributed by atoms with Crippen molar-refractivity contribution in [3.8, 4) is 0 Å². The van der Waals surface area contributed by atoms with Crippen LogP contribution < -0.4 is 5.56 Å². The fourth-order valence-corrected chi connectivity index (χ4v) is 6.17. The highest BCUT2D eigenvalue weighted by Crippen LogP contribution is 2.33. The van der Waals surface area contributed by atoms with Crippen LogP contribution in [0.25, 0.3) is 10.9 Å². The third kappa shape index (κ3) is 5.02. The molecule has 0 saturated carbocycles. The molecule has 38 heavy (non-hydrogen) atoms. The lowest BCUT2D eigenvalue weighted by Crippen LogP contribution is -2.41. The Labute approximate surface area is 223 Å². The van der Waals surface area contributed by atoms with Crippen molar-refractivity contribution in [2.24, 2.45) is 5.92 Å². The average molecular weight is 513 g/mol. The number of aryl methyl sites for hydroxylation is 2. The van der Waals surface area contributed by atoms with E-state index in [1.807, 2.05) is 11.6 Å². The van der Waals surface area contributed by atoms with E-state index in [0.29, 0.717) is 18.0 Å². The number of rotatable bonds is 7. The van der Waals surface area contributed by atoms with Crippen LogP contribution in [0, 0.1) is 19.8 Å². The van der Waals surface area contributed by atoms with E-state index >= 15 is 0 Å². The summed E-state index contributed by atoms with van der Waals surface area (Å²) in [6, 6.07) is 16.7. The molecule has 0 bridgehead atoms. The van der Waals surface area contributed by atoms with E-state index in [9.17, 15) is 4.79 Å². The Balaban J connectivity index is 1.35. The summed E-state index contributed by atoms with van der Waals surface area (Å²) in [6.07, 6.45) is 5.40. The fraction of sp³-hybridized carbons (Fsp3) is 0.467. The summed E-state index contributed by atoms with van der Waals surface area (Å²) in [5, 5.41) is 14.0. The molecule has 0 unspecified atom stereocenters. The second-order valence-electron chi connectivity index (χ2n) is 11.0. The maximum Gasteiger partial charge on any atom is 0.253 e. The SMILES string of the molecule is Cc1ccc(C)c2[nH]c(=O)c([C@H](c3nnnn3C[C@@H]3CCCO3)N3CCC(Cc4ccccc4)CC3)cc12. The molecule has 0 aliphatic carbocycles. The summed E-state index contributed by atoms with van der Waals surface area (Å²) in [7, 11) is 0. The van der Waals surface area contributed by atoms with Crippen LogP contribution in [-0.4, -0.2) is 55.9 Å². The molecule has 2 atom stereocenters. The molecular formula is C30H36N6O2. The average Bonchev–Trinajstić information content (AvgIpc) is 3.62. The van der Waals surface area contributed by atoms with Gasteiger partial charge in [0.15, 0.2) is 5.82 Å². The molecule has 1 N–H and O–H groups in total. The first-order valence-electron chi connectivity index (χ1n) is 13.9. The van der Waals surface area contributed by atoms with E-state index in [-0.39, 0.29) is 17.7 Å². The first-order valence-corrected chi connectivity index (χ1v) is 13.9. The Kier molecular flexibility index (Phi) is 7.08. The predicted molar refractivity (Wildman–Crippen MR) is 147 cm³/mol. The standard InChI is InChI=1S/C30H36N6O2/c1-20-10-11-21(2)27-25(20)18-26(30(37)31-27)28(29-32-33-34-36(29)19-24-9-6-16-38-24)35-14-12-23(13-15-35)17-22-7-4-3-5-8-22/h3-5,7-8,10-11,18,23-24,28H,6,9,12-17,19H2,1-2H3,(H,31,37)/t24-,28+/m0/s1. The maximum absolute atomic E-state index is 13.7. The summed E-state index contributed by atoms with van der Waals surface area (Å²) >= 11 is 0. The van der Waals surface area contributed by atoms with E-state index in [2.05, 4.69) is 80.9 Å². The largest absolute Gasteiger partial charge is 0.376 e. The monoisotopic (exact) mass is 512 g/mol. The van der Waals surface area contributed by atoms with E-state index in [4.69, 9.17) is 4.74 Å². The molecule has 0 amide bonds. The lowest BCUT2D eigenvalue weighted by molar-refractivity contribution is 0.0892. The molecule has 4 aromatic rings. The van der Waals surface area contributed by atoms with Crippen LogP contribution in [-0.2, 0) is 17.7 Å². The van der Waals surface area contributed by atoms with Gasteiger partial charge in [0.2, 0.25) is 0 Å². The van der Waals surface area contributed by atoms with Crippen LogP contribution in [0.2, 0.25) is 0 Å². The maximum atomic E-state index is 13.7. The number of nitrogens with zero attached hydrogens (tertiary/aromatic N) is 5. The minimum Gasteiger partial charge on any atom is -0.376 e. The second kappa shape index (κ2) is 10.8. The molecule has 2 aromatic carbocycles. The van der Waals surface area contributed by atoms with Gasteiger partial charge in [0.05, 0.1) is 18.2 Å². The van der Waals surface area contributed by atoms with Crippen molar-refractivity contribution in [1.82, 2.24) is 30.1 Å². The third-order valence-corrected chi connectivity index (χ3v) is 8.35. The number of likely N-dealkylation sites (tertiary alicyclic amines) is 1. The smallest absolute Gasteiger partial charge is 0.253 e. The van der Waals surface area contributed by atoms with Crippen LogP contribution in [0.4, 0.5) is 0 Å². The number of benzene rings is 2. The minimum atomic E-state index is -0.322. The van der Waals surface area contributed by atoms with Gasteiger partial charge < -0.3 is 9.72 Å². The topological polar surface area (TPSA) is 88.9 Å². The summed E-state index contributed by atoms with van der Waals surface area (Å²) in [5.41, 5.74) is 5.13. The Morgan fingerprint density at radius 3 is 2.61 bits per heavy atom. The van der Waals surface area contributed by atoms with Gasteiger partial charge in [0.25, 0.3) is 5.56 Å². The second-order valence-corrected chi connectivity index (χ2v) is 11.0. The number of ether oxygens (including phenoxy) is 1. The van der Waals surface area contributed by atoms with Gasteiger partial charge >= 0.3 is 0 Å². The molecule has 8 nitrogen and oxygen atoms in total. The zero-order valence-corrected chi connectivity index (χ0v) is 22.3. The van der Waals surface area contributed by atoms with Gasteiger partial charge in [-0.15, -0.1) is 5.10 Å². The highest BCUT2D eigenvalue weighted by atomic mass is 16.5. The summed E-state index contributed by atoms with van der Waals surface area (Å²) in [4.78, 5) is 19.3. The Morgan fingerprint density at radius 1 is 1.05 bits per heavy atom. The fourth-order valence-electron chi connectivity index (χ4n) is 6.17. The van der Waals surface area contributed by atoms with E-state index in [1.54, 1.807) is 0 Å². The van der Waals surface area contributed by atoms with Crippen molar-refractivity contribution in [3.63, 3.8) is 0 Å². The molecule has 8 heteroatoms. The third-order valence-electron chi connectivity index (χ3n) is 8.35. The van der Waals surface area contributed by atoms with Gasteiger partial charge in [-0.2, -0.15) is 0 Å². The van der Waals surface area contributed by atoms with Crippen LogP contribution >= 0.6 is 0 Å². The normalized spacial score (nSPS) is 19.8. The number of fused-ring (bicyclic) bond motifs is 1. The molecule has 0 radical (unpaired) electrons. The molecule has 6 rings (SSSR count). The number of tetrazole rings is 1. The van der Waals surface area contributed by atoms with Crippen molar-refractivity contribution in [2.75, 3.05) is 19.7 Å². The zero-order chi connectivity index (χ0) is 26.1. The van der Waals surface area contributed by atoms with Crippen molar-refractivity contribution in [1.29, 1.82) is 0 Å². The van der Waals surface area contributed by atoms with Crippen molar-refractivity contribution < 1.29 is 4.74 Å². The number of piperidine rings is 1. The molecule has 4 heterocycles. The van der Waals surface area contributed by atoms with E-state index in [0.717, 1.165) is 79.7 Å². The molecule has 0 spiro atoms. The number of hydrogen-bond acceptors (Lipinski definition) is 6. The molecule has 198 valence electrons. The van der Waals surface area contributed by atoms with E-state index in [1.165, 1.54) is 5.56 Å². The molecule has 2 aliphatic heterocycles. The molecule has 2 aromatic heterocycles. The highest BCUT2D eigenvalue weighted by molar-refractivity contribution is 5.85. The number of pyridine rings is 1. The van der Waals surface area contributed by atoms with Gasteiger partial charge in [-0.3, -0.25) is 9.69 Å². The number of aromatic amines is 1. The van der Waals surface area contributed by atoms with Gasteiger partial charge in [-0.05, 0) is 98.1 Å². The summed E-state index contributed by atoms with van der Waals surface area (Å²) < 4.78 is 7.76. The Bertz CT molecular complexity index is 1450. The van der Waals surface area contributed by atoms with Crippen molar-refractivity contribution in [2.45, 2.75) is 64.6 Å². The van der Waals surface area contributed by atoms with Gasteiger partial charge in [-0.25, -0.2) is 4.68 Å². The molecule has 2 aliphatic rings. The lowest BCUT2D eigenvalue weighted by Gasteiger charge is -2.37. The first kappa shape index (κ1) is 24.9. The minimum absolute atomic E-state index is 0.0747. The predicted octanol–water partition coefficient (Wildman–Crippen LogP) is 4.35. The quantitative estimate of drug-likeness (QED) is 0.396. The first-order chi connectivity index (χ1) is 18.6. The van der Waals surface area contributed by atoms with Crippen LogP contribution in [0.15, 0.2) is 53.3 Å². The number of nitrogens with one attached hydrogen (secondary N) is 1.